The zero-order chi connectivity index (χ0) is 14.7. The number of halogens is 1. The van der Waals surface area contributed by atoms with Crippen LogP contribution in [0.5, 0.6) is 11.5 Å². The minimum absolute atomic E-state index is 0.0957. The van der Waals surface area contributed by atoms with Crippen LogP contribution < -0.4 is 9.47 Å². The van der Waals surface area contributed by atoms with E-state index < -0.39 is 0 Å². The van der Waals surface area contributed by atoms with Crippen molar-refractivity contribution in [2.24, 2.45) is 0 Å². The maximum absolute atomic E-state index is 12.8. The number of likely N-dealkylation sites (tertiary alicyclic amines) is 1. The number of carbonyl (C=O) groups is 1. The van der Waals surface area contributed by atoms with Crippen molar-refractivity contribution in [1.82, 2.24) is 4.90 Å². The molecule has 0 aromatic heterocycles. The fraction of sp³-hybridized carbons (Fsp3) is 0.562. The Morgan fingerprint density at radius 3 is 2.81 bits per heavy atom. The number of amides is 1. The monoisotopic (exact) mass is 353 g/mol. The minimum atomic E-state index is 0.0957. The van der Waals surface area contributed by atoms with E-state index in [9.17, 15) is 4.79 Å². The van der Waals surface area contributed by atoms with Crippen LogP contribution in [-0.4, -0.2) is 41.9 Å². The summed E-state index contributed by atoms with van der Waals surface area (Å²) in [7, 11) is 0. The molecule has 2 aliphatic rings. The van der Waals surface area contributed by atoms with Gasteiger partial charge in [-0.3, -0.25) is 4.79 Å². The summed E-state index contributed by atoms with van der Waals surface area (Å²) in [6.45, 7) is 1.94. The average molecular weight is 354 g/mol. The van der Waals surface area contributed by atoms with Crippen molar-refractivity contribution in [3.63, 3.8) is 0 Å². The Hall–Kier alpha value is -1.23. The molecule has 1 aromatic carbocycles. The predicted molar refractivity (Wildman–Crippen MR) is 84.5 cm³/mol. The van der Waals surface area contributed by atoms with Crippen molar-refractivity contribution in [1.29, 1.82) is 0 Å². The van der Waals surface area contributed by atoms with Gasteiger partial charge < -0.3 is 14.4 Å². The third-order valence-corrected chi connectivity index (χ3v) is 4.85. The van der Waals surface area contributed by atoms with Crippen LogP contribution in [0.25, 0.3) is 0 Å². The highest BCUT2D eigenvalue weighted by atomic mass is 79.9. The molecule has 1 saturated heterocycles. The first-order valence-electron chi connectivity index (χ1n) is 7.56. The molecule has 0 saturated carbocycles. The van der Waals surface area contributed by atoms with Gasteiger partial charge in [-0.15, -0.1) is 0 Å². The second kappa shape index (κ2) is 6.69. The van der Waals surface area contributed by atoms with E-state index in [2.05, 4.69) is 15.9 Å². The molecule has 114 valence electrons. The van der Waals surface area contributed by atoms with E-state index in [4.69, 9.17) is 9.47 Å². The lowest BCUT2D eigenvalue weighted by atomic mass is 10.1. The quantitative estimate of drug-likeness (QED) is 0.766. The summed E-state index contributed by atoms with van der Waals surface area (Å²) in [5.74, 6) is 1.50. The summed E-state index contributed by atoms with van der Waals surface area (Å²) in [6, 6.07) is 5.77. The fourth-order valence-electron chi connectivity index (χ4n) is 2.95. The Balaban J connectivity index is 1.83. The van der Waals surface area contributed by atoms with E-state index in [1.54, 1.807) is 0 Å². The van der Waals surface area contributed by atoms with Gasteiger partial charge in [0.25, 0.3) is 5.91 Å². The number of fused-ring (bicyclic) bond motifs is 1. The molecular formula is C16H20BrNO3. The summed E-state index contributed by atoms with van der Waals surface area (Å²) in [4.78, 5) is 14.8. The summed E-state index contributed by atoms with van der Waals surface area (Å²) in [6.07, 6.45) is 4.55. The normalized spacial score (nSPS) is 21.8. The molecule has 1 atom stereocenters. The Labute approximate surface area is 133 Å². The van der Waals surface area contributed by atoms with Crippen molar-refractivity contribution in [2.45, 2.75) is 31.7 Å². The smallest absolute Gasteiger partial charge is 0.254 e. The van der Waals surface area contributed by atoms with Gasteiger partial charge >= 0.3 is 0 Å². The van der Waals surface area contributed by atoms with Gasteiger partial charge in [-0.1, -0.05) is 28.8 Å². The second-order valence-corrected chi connectivity index (χ2v) is 6.16. The lowest BCUT2D eigenvalue weighted by Gasteiger charge is -2.29. The molecule has 2 heterocycles. The Kier molecular flexibility index (Phi) is 4.68. The molecule has 1 unspecified atom stereocenters. The third kappa shape index (κ3) is 3.18. The number of hydrogen-bond acceptors (Lipinski definition) is 3. The second-order valence-electron chi connectivity index (χ2n) is 5.51. The van der Waals surface area contributed by atoms with Crippen molar-refractivity contribution >= 4 is 21.8 Å². The summed E-state index contributed by atoms with van der Waals surface area (Å²) < 4.78 is 11.1. The molecular weight excluding hydrogens is 334 g/mol. The summed E-state index contributed by atoms with van der Waals surface area (Å²) in [5, 5.41) is 0.837. The van der Waals surface area contributed by atoms with Crippen LogP contribution in [0.3, 0.4) is 0 Å². The number of ether oxygens (including phenoxy) is 2. The number of hydrogen-bond donors (Lipinski definition) is 0. The Morgan fingerprint density at radius 2 is 2.00 bits per heavy atom. The van der Waals surface area contributed by atoms with Crippen LogP contribution in [0.15, 0.2) is 18.2 Å². The van der Waals surface area contributed by atoms with Gasteiger partial charge in [-0.2, -0.15) is 0 Å². The van der Waals surface area contributed by atoms with Gasteiger partial charge in [-0.25, -0.2) is 0 Å². The molecule has 0 bridgehead atoms. The van der Waals surface area contributed by atoms with Crippen LogP contribution in [0, 0.1) is 0 Å². The maximum Gasteiger partial charge on any atom is 0.254 e. The zero-order valence-corrected chi connectivity index (χ0v) is 13.6. The maximum atomic E-state index is 12.8. The summed E-state index contributed by atoms with van der Waals surface area (Å²) in [5.41, 5.74) is 0.687. The molecule has 1 aromatic rings. The molecule has 5 heteroatoms. The SMILES string of the molecule is O=C(c1ccc2c(c1)OCCO2)N1CCCCCC1CBr. The largest absolute Gasteiger partial charge is 0.486 e. The minimum Gasteiger partial charge on any atom is -0.486 e. The highest BCUT2D eigenvalue weighted by Gasteiger charge is 2.26. The molecule has 0 aliphatic carbocycles. The van der Waals surface area contributed by atoms with E-state index >= 15 is 0 Å². The average Bonchev–Trinajstić information content (AvgIpc) is 2.79. The molecule has 0 spiro atoms. The molecule has 3 rings (SSSR count). The third-order valence-electron chi connectivity index (χ3n) is 4.11. The molecule has 0 radical (unpaired) electrons. The Bertz CT molecular complexity index is 520. The van der Waals surface area contributed by atoms with Crippen LogP contribution in [0.4, 0.5) is 0 Å². The molecule has 21 heavy (non-hydrogen) atoms. The number of rotatable bonds is 2. The Morgan fingerprint density at radius 1 is 1.19 bits per heavy atom. The van der Waals surface area contributed by atoms with E-state index in [1.807, 2.05) is 23.1 Å². The molecule has 1 amide bonds. The van der Waals surface area contributed by atoms with Gasteiger partial charge in [0.05, 0.1) is 0 Å². The number of alkyl halides is 1. The first kappa shape index (κ1) is 14.7. The zero-order valence-electron chi connectivity index (χ0n) is 12.0. The number of nitrogens with zero attached hydrogens (tertiary/aromatic N) is 1. The lowest BCUT2D eigenvalue weighted by Crippen LogP contribution is -2.41. The van der Waals surface area contributed by atoms with Gasteiger partial charge in [0, 0.05) is 23.5 Å². The van der Waals surface area contributed by atoms with Gasteiger partial charge in [0.2, 0.25) is 0 Å². The van der Waals surface area contributed by atoms with Crippen molar-refractivity contribution in [3.05, 3.63) is 23.8 Å². The molecule has 0 N–H and O–H groups in total. The fourth-order valence-corrected chi connectivity index (χ4v) is 3.62. The summed E-state index contributed by atoms with van der Waals surface area (Å²) >= 11 is 3.55. The van der Waals surface area contributed by atoms with E-state index in [1.165, 1.54) is 12.8 Å². The lowest BCUT2D eigenvalue weighted by molar-refractivity contribution is 0.0701. The van der Waals surface area contributed by atoms with Crippen LogP contribution >= 0.6 is 15.9 Å². The van der Waals surface area contributed by atoms with Gasteiger partial charge in [0.15, 0.2) is 11.5 Å². The van der Waals surface area contributed by atoms with Crippen LogP contribution in [-0.2, 0) is 0 Å². The number of carbonyl (C=O) groups excluding carboxylic acids is 1. The van der Waals surface area contributed by atoms with Crippen LogP contribution in [0.1, 0.15) is 36.0 Å². The van der Waals surface area contributed by atoms with Gasteiger partial charge in [0.1, 0.15) is 13.2 Å². The molecule has 4 nitrogen and oxygen atoms in total. The first-order chi connectivity index (χ1) is 10.3. The van der Waals surface area contributed by atoms with E-state index in [0.29, 0.717) is 24.5 Å². The predicted octanol–water partition coefficient (Wildman–Crippen LogP) is 3.24. The first-order valence-corrected chi connectivity index (χ1v) is 8.68. The van der Waals surface area contributed by atoms with E-state index in [-0.39, 0.29) is 11.9 Å². The highest BCUT2D eigenvalue weighted by Crippen LogP contribution is 2.31. The molecule has 1 fully saturated rings. The standard InChI is InChI=1S/C16H20BrNO3/c17-11-13-4-2-1-3-7-18(13)16(19)12-5-6-14-15(10-12)21-9-8-20-14/h5-6,10,13H,1-4,7-9,11H2. The van der Waals surface area contributed by atoms with Gasteiger partial charge in [-0.05, 0) is 31.0 Å². The van der Waals surface area contributed by atoms with E-state index in [0.717, 1.165) is 30.5 Å². The highest BCUT2D eigenvalue weighted by molar-refractivity contribution is 9.09. The van der Waals surface area contributed by atoms with Crippen molar-refractivity contribution in [3.8, 4) is 11.5 Å². The van der Waals surface area contributed by atoms with Crippen molar-refractivity contribution < 1.29 is 14.3 Å². The number of benzene rings is 1. The topological polar surface area (TPSA) is 38.8 Å². The van der Waals surface area contributed by atoms with Crippen LogP contribution in [0.2, 0.25) is 0 Å². The van der Waals surface area contributed by atoms with Crippen molar-refractivity contribution in [2.75, 3.05) is 25.1 Å². The molecule has 2 aliphatic heterocycles.